The highest BCUT2D eigenvalue weighted by Gasteiger charge is 2.21. The number of furan rings is 1. The second kappa shape index (κ2) is 5.19. The van der Waals surface area contributed by atoms with Crippen molar-refractivity contribution in [2.24, 2.45) is 0 Å². The number of hydrogen-bond acceptors (Lipinski definition) is 2. The van der Waals surface area contributed by atoms with Gasteiger partial charge in [0, 0.05) is 6.42 Å². The standard InChI is InChI=1S/C14H13ClO2/c1-10-5-2-3-7-12(10)13(14(15)16)9-11-6-4-8-17-11/h2-8,13H,9H2,1H3. The number of aryl methyl sites for hydroxylation is 1. The normalized spacial score (nSPS) is 12.4. The molecule has 0 radical (unpaired) electrons. The summed E-state index contributed by atoms with van der Waals surface area (Å²) < 4.78 is 5.26. The van der Waals surface area contributed by atoms with E-state index < -0.39 is 0 Å². The molecule has 0 bridgehead atoms. The first-order valence-corrected chi connectivity index (χ1v) is 5.83. The van der Waals surface area contributed by atoms with Crippen LogP contribution in [0.4, 0.5) is 0 Å². The van der Waals surface area contributed by atoms with Crippen molar-refractivity contribution in [1.29, 1.82) is 0 Å². The van der Waals surface area contributed by atoms with Crippen LogP contribution in [-0.2, 0) is 11.2 Å². The highest BCUT2D eigenvalue weighted by Crippen LogP contribution is 2.26. The van der Waals surface area contributed by atoms with E-state index in [4.69, 9.17) is 16.0 Å². The van der Waals surface area contributed by atoms with Crippen molar-refractivity contribution in [1.82, 2.24) is 0 Å². The van der Waals surface area contributed by atoms with Crippen LogP contribution in [0, 0.1) is 6.92 Å². The molecule has 17 heavy (non-hydrogen) atoms. The molecule has 0 spiro atoms. The molecule has 1 heterocycles. The van der Waals surface area contributed by atoms with Gasteiger partial charge in [0.2, 0.25) is 5.24 Å². The van der Waals surface area contributed by atoms with Crippen LogP contribution in [0.5, 0.6) is 0 Å². The van der Waals surface area contributed by atoms with Crippen LogP contribution in [-0.4, -0.2) is 5.24 Å². The van der Waals surface area contributed by atoms with Crippen LogP contribution in [0.25, 0.3) is 0 Å². The Bertz CT molecular complexity index is 503. The molecule has 0 amide bonds. The Hall–Kier alpha value is -1.54. The van der Waals surface area contributed by atoms with Gasteiger partial charge in [-0.05, 0) is 41.8 Å². The molecule has 0 saturated heterocycles. The Labute approximate surface area is 105 Å². The number of rotatable bonds is 4. The van der Waals surface area contributed by atoms with E-state index in [9.17, 15) is 4.79 Å². The molecule has 1 unspecified atom stereocenters. The molecule has 0 aliphatic heterocycles. The molecular formula is C14H13ClO2. The van der Waals surface area contributed by atoms with Gasteiger partial charge in [-0.3, -0.25) is 4.79 Å². The molecule has 1 atom stereocenters. The van der Waals surface area contributed by atoms with E-state index >= 15 is 0 Å². The van der Waals surface area contributed by atoms with Crippen LogP contribution >= 0.6 is 11.6 Å². The van der Waals surface area contributed by atoms with E-state index in [1.165, 1.54) is 0 Å². The van der Waals surface area contributed by atoms with Gasteiger partial charge in [-0.15, -0.1) is 0 Å². The maximum atomic E-state index is 11.5. The Morgan fingerprint density at radius 3 is 2.65 bits per heavy atom. The lowest BCUT2D eigenvalue weighted by Gasteiger charge is -2.14. The second-order valence-electron chi connectivity index (χ2n) is 4.00. The molecule has 2 nitrogen and oxygen atoms in total. The summed E-state index contributed by atoms with van der Waals surface area (Å²) in [4.78, 5) is 11.5. The first-order chi connectivity index (χ1) is 8.18. The summed E-state index contributed by atoms with van der Waals surface area (Å²) in [5, 5.41) is -0.351. The summed E-state index contributed by atoms with van der Waals surface area (Å²) in [5.74, 6) is 0.427. The molecule has 0 aliphatic rings. The molecular weight excluding hydrogens is 236 g/mol. The number of benzene rings is 1. The van der Waals surface area contributed by atoms with Crippen LogP contribution in [0.15, 0.2) is 47.1 Å². The monoisotopic (exact) mass is 248 g/mol. The highest BCUT2D eigenvalue weighted by atomic mass is 35.5. The van der Waals surface area contributed by atoms with Crippen molar-refractivity contribution in [2.45, 2.75) is 19.3 Å². The molecule has 2 aromatic rings. The number of carbonyl (C=O) groups excluding carboxylic acids is 1. The van der Waals surface area contributed by atoms with E-state index in [-0.39, 0.29) is 11.2 Å². The third-order valence-electron chi connectivity index (χ3n) is 2.82. The molecule has 2 rings (SSSR count). The lowest BCUT2D eigenvalue weighted by Crippen LogP contribution is -2.11. The summed E-state index contributed by atoms with van der Waals surface area (Å²) in [6.45, 7) is 1.98. The fourth-order valence-electron chi connectivity index (χ4n) is 1.92. The van der Waals surface area contributed by atoms with E-state index in [1.54, 1.807) is 6.26 Å². The Kier molecular flexibility index (Phi) is 3.64. The minimum Gasteiger partial charge on any atom is -0.469 e. The zero-order valence-electron chi connectivity index (χ0n) is 9.52. The van der Waals surface area contributed by atoms with Gasteiger partial charge >= 0.3 is 0 Å². The van der Waals surface area contributed by atoms with Gasteiger partial charge in [0.05, 0.1) is 12.2 Å². The van der Waals surface area contributed by atoms with Crippen molar-refractivity contribution in [3.63, 3.8) is 0 Å². The highest BCUT2D eigenvalue weighted by molar-refractivity contribution is 6.64. The van der Waals surface area contributed by atoms with Crippen molar-refractivity contribution >= 4 is 16.8 Å². The predicted octanol–water partition coefficient (Wildman–Crippen LogP) is 3.68. The minimum absolute atomic E-state index is 0.344. The lowest BCUT2D eigenvalue weighted by molar-refractivity contribution is -0.113. The molecule has 0 aliphatic carbocycles. The zero-order valence-corrected chi connectivity index (χ0v) is 10.3. The van der Waals surface area contributed by atoms with E-state index in [1.807, 2.05) is 43.3 Å². The molecule has 0 N–H and O–H groups in total. The molecule has 1 aromatic carbocycles. The van der Waals surface area contributed by atoms with Crippen LogP contribution in [0.1, 0.15) is 22.8 Å². The SMILES string of the molecule is Cc1ccccc1C(Cc1ccco1)C(=O)Cl. The maximum Gasteiger partial charge on any atom is 0.229 e. The topological polar surface area (TPSA) is 30.2 Å². The first kappa shape index (κ1) is 11.9. The molecule has 3 heteroatoms. The third-order valence-corrected chi connectivity index (χ3v) is 3.09. The summed E-state index contributed by atoms with van der Waals surface area (Å²) in [6, 6.07) is 11.4. The Morgan fingerprint density at radius 2 is 2.06 bits per heavy atom. The van der Waals surface area contributed by atoms with Crippen LogP contribution in [0.3, 0.4) is 0 Å². The molecule has 0 saturated carbocycles. The van der Waals surface area contributed by atoms with Crippen LogP contribution < -0.4 is 0 Å². The predicted molar refractivity (Wildman–Crippen MR) is 67.2 cm³/mol. The average molecular weight is 249 g/mol. The minimum atomic E-state index is -0.351. The van der Waals surface area contributed by atoms with Crippen molar-refractivity contribution in [3.05, 3.63) is 59.5 Å². The molecule has 88 valence electrons. The van der Waals surface area contributed by atoms with Gasteiger partial charge in [0.1, 0.15) is 5.76 Å². The number of halogens is 1. The zero-order chi connectivity index (χ0) is 12.3. The van der Waals surface area contributed by atoms with Crippen molar-refractivity contribution < 1.29 is 9.21 Å². The van der Waals surface area contributed by atoms with Gasteiger partial charge < -0.3 is 4.42 Å². The number of carbonyl (C=O) groups is 1. The second-order valence-corrected chi connectivity index (χ2v) is 4.37. The van der Waals surface area contributed by atoms with Gasteiger partial charge in [-0.1, -0.05) is 24.3 Å². The summed E-state index contributed by atoms with van der Waals surface area (Å²) in [7, 11) is 0. The molecule has 1 aromatic heterocycles. The fraction of sp³-hybridized carbons (Fsp3) is 0.214. The summed E-state index contributed by atoms with van der Waals surface area (Å²) in [6.07, 6.45) is 2.10. The van der Waals surface area contributed by atoms with Crippen molar-refractivity contribution in [2.75, 3.05) is 0 Å². The average Bonchev–Trinajstić information content (AvgIpc) is 2.79. The van der Waals surface area contributed by atoms with Gasteiger partial charge in [-0.25, -0.2) is 0 Å². The van der Waals surface area contributed by atoms with E-state index in [0.29, 0.717) is 6.42 Å². The Morgan fingerprint density at radius 1 is 1.29 bits per heavy atom. The quantitative estimate of drug-likeness (QED) is 0.773. The third kappa shape index (κ3) is 2.77. The maximum absolute atomic E-state index is 11.5. The van der Waals surface area contributed by atoms with E-state index in [2.05, 4.69) is 0 Å². The van der Waals surface area contributed by atoms with Gasteiger partial charge in [-0.2, -0.15) is 0 Å². The largest absolute Gasteiger partial charge is 0.469 e. The smallest absolute Gasteiger partial charge is 0.229 e. The first-order valence-electron chi connectivity index (χ1n) is 5.45. The number of hydrogen-bond donors (Lipinski definition) is 0. The Balaban J connectivity index is 2.30. The van der Waals surface area contributed by atoms with E-state index in [0.717, 1.165) is 16.9 Å². The fourth-order valence-corrected chi connectivity index (χ4v) is 2.11. The molecule has 0 fully saturated rings. The van der Waals surface area contributed by atoms with Gasteiger partial charge in [0.25, 0.3) is 0 Å². The van der Waals surface area contributed by atoms with Crippen molar-refractivity contribution in [3.8, 4) is 0 Å². The van der Waals surface area contributed by atoms with Crippen LogP contribution in [0.2, 0.25) is 0 Å². The summed E-state index contributed by atoms with van der Waals surface area (Å²) in [5.41, 5.74) is 2.03. The van der Waals surface area contributed by atoms with Gasteiger partial charge in [0.15, 0.2) is 0 Å². The lowest BCUT2D eigenvalue weighted by atomic mass is 9.92. The summed E-state index contributed by atoms with van der Waals surface area (Å²) >= 11 is 5.69.